The predicted molar refractivity (Wildman–Crippen MR) is 87.3 cm³/mol. The SMILES string of the molecule is CCN(Cc1cccs1)CC(O)COCc1ccccc1F. The summed E-state index contributed by atoms with van der Waals surface area (Å²) in [5.41, 5.74) is 0.514. The molecule has 2 aromatic rings. The van der Waals surface area contributed by atoms with Crippen LogP contribution in [0.2, 0.25) is 0 Å². The summed E-state index contributed by atoms with van der Waals surface area (Å²) in [7, 11) is 0. The molecule has 0 radical (unpaired) electrons. The van der Waals surface area contributed by atoms with Crippen LogP contribution < -0.4 is 0 Å². The van der Waals surface area contributed by atoms with Crippen LogP contribution in [0.1, 0.15) is 17.4 Å². The van der Waals surface area contributed by atoms with Crippen molar-refractivity contribution in [3.63, 3.8) is 0 Å². The van der Waals surface area contributed by atoms with Crippen molar-refractivity contribution in [1.82, 2.24) is 4.90 Å². The molecule has 0 aliphatic carbocycles. The van der Waals surface area contributed by atoms with Gasteiger partial charge in [0.05, 0.1) is 19.3 Å². The van der Waals surface area contributed by atoms with Gasteiger partial charge in [0, 0.05) is 23.5 Å². The van der Waals surface area contributed by atoms with Crippen LogP contribution in [0.3, 0.4) is 0 Å². The van der Waals surface area contributed by atoms with E-state index < -0.39 is 6.10 Å². The first-order valence-electron chi connectivity index (χ1n) is 7.43. The number of aliphatic hydroxyl groups is 1. The van der Waals surface area contributed by atoms with Gasteiger partial charge in [0.15, 0.2) is 0 Å². The third-order valence-corrected chi connectivity index (χ3v) is 4.26. The molecule has 0 aliphatic rings. The molecular formula is C17H22FNO2S. The smallest absolute Gasteiger partial charge is 0.128 e. The second-order valence-electron chi connectivity index (χ2n) is 5.17. The molecule has 1 aromatic heterocycles. The zero-order valence-corrected chi connectivity index (χ0v) is 13.6. The van der Waals surface area contributed by atoms with Crippen LogP contribution in [-0.4, -0.2) is 35.8 Å². The number of likely N-dealkylation sites (N-methyl/N-ethyl adjacent to an activating group) is 1. The highest BCUT2D eigenvalue weighted by atomic mass is 32.1. The van der Waals surface area contributed by atoms with E-state index in [9.17, 15) is 9.50 Å². The molecule has 0 spiro atoms. The lowest BCUT2D eigenvalue weighted by Gasteiger charge is -2.23. The first kappa shape index (κ1) is 17.1. The lowest BCUT2D eigenvalue weighted by atomic mass is 10.2. The first-order valence-corrected chi connectivity index (χ1v) is 8.31. The van der Waals surface area contributed by atoms with Gasteiger partial charge in [-0.2, -0.15) is 0 Å². The van der Waals surface area contributed by atoms with Crippen molar-refractivity contribution in [2.45, 2.75) is 26.2 Å². The van der Waals surface area contributed by atoms with E-state index in [0.717, 1.165) is 13.1 Å². The largest absolute Gasteiger partial charge is 0.389 e. The second kappa shape index (κ2) is 9.00. The molecule has 1 N–H and O–H groups in total. The van der Waals surface area contributed by atoms with Gasteiger partial charge in [0.25, 0.3) is 0 Å². The molecule has 0 saturated heterocycles. The van der Waals surface area contributed by atoms with Gasteiger partial charge in [-0.25, -0.2) is 4.39 Å². The van der Waals surface area contributed by atoms with E-state index in [1.54, 1.807) is 29.5 Å². The lowest BCUT2D eigenvalue weighted by Crippen LogP contribution is -2.34. The van der Waals surface area contributed by atoms with Gasteiger partial charge in [0.2, 0.25) is 0 Å². The van der Waals surface area contributed by atoms with E-state index in [2.05, 4.69) is 23.3 Å². The molecular weight excluding hydrogens is 301 g/mol. The molecule has 0 amide bonds. The molecule has 1 atom stereocenters. The Morgan fingerprint density at radius 2 is 2.09 bits per heavy atom. The minimum atomic E-state index is -0.577. The van der Waals surface area contributed by atoms with Crippen LogP contribution in [0.25, 0.3) is 0 Å². The molecule has 2 rings (SSSR count). The molecule has 1 unspecified atom stereocenters. The number of nitrogens with zero attached hydrogens (tertiary/aromatic N) is 1. The summed E-state index contributed by atoms with van der Waals surface area (Å²) in [5, 5.41) is 12.1. The Labute approximate surface area is 135 Å². The molecule has 0 bridgehead atoms. The Bertz CT molecular complexity index is 547. The average molecular weight is 323 g/mol. The van der Waals surface area contributed by atoms with E-state index in [4.69, 9.17) is 4.74 Å². The van der Waals surface area contributed by atoms with E-state index in [1.807, 2.05) is 6.07 Å². The third-order valence-electron chi connectivity index (χ3n) is 3.40. The van der Waals surface area contributed by atoms with E-state index in [-0.39, 0.29) is 19.0 Å². The van der Waals surface area contributed by atoms with Crippen molar-refractivity contribution >= 4 is 11.3 Å². The molecule has 0 fully saturated rings. The second-order valence-corrected chi connectivity index (χ2v) is 6.20. The zero-order chi connectivity index (χ0) is 15.8. The van der Waals surface area contributed by atoms with Crippen molar-refractivity contribution in [2.75, 3.05) is 19.7 Å². The molecule has 120 valence electrons. The van der Waals surface area contributed by atoms with Crippen molar-refractivity contribution in [3.05, 3.63) is 58.0 Å². The average Bonchev–Trinajstić information content (AvgIpc) is 3.01. The van der Waals surface area contributed by atoms with Gasteiger partial charge in [-0.05, 0) is 24.1 Å². The van der Waals surface area contributed by atoms with Gasteiger partial charge in [-0.1, -0.05) is 31.2 Å². The number of hydrogen-bond acceptors (Lipinski definition) is 4. The van der Waals surface area contributed by atoms with E-state index >= 15 is 0 Å². The Hall–Kier alpha value is -1.27. The standard InChI is InChI=1S/C17H22FNO2S/c1-2-19(11-16-7-5-9-22-16)10-15(20)13-21-12-14-6-3-4-8-17(14)18/h3-9,15,20H,2,10-13H2,1H3. The van der Waals surface area contributed by atoms with Crippen LogP contribution in [-0.2, 0) is 17.9 Å². The molecule has 0 aliphatic heterocycles. The summed E-state index contributed by atoms with van der Waals surface area (Å²) in [6.45, 7) is 4.70. The van der Waals surface area contributed by atoms with Gasteiger partial charge < -0.3 is 9.84 Å². The molecule has 1 aromatic carbocycles. The fourth-order valence-corrected chi connectivity index (χ4v) is 2.95. The normalized spacial score (nSPS) is 12.7. The van der Waals surface area contributed by atoms with Crippen molar-refractivity contribution in [2.24, 2.45) is 0 Å². The van der Waals surface area contributed by atoms with Gasteiger partial charge in [-0.15, -0.1) is 11.3 Å². The summed E-state index contributed by atoms with van der Waals surface area (Å²) in [5.74, 6) is -0.273. The number of halogens is 1. The fourth-order valence-electron chi connectivity index (χ4n) is 2.20. The Morgan fingerprint density at radius 3 is 2.77 bits per heavy atom. The molecule has 22 heavy (non-hydrogen) atoms. The summed E-state index contributed by atoms with van der Waals surface area (Å²) in [4.78, 5) is 3.45. The monoisotopic (exact) mass is 323 g/mol. The van der Waals surface area contributed by atoms with Crippen LogP contribution >= 0.6 is 11.3 Å². The number of rotatable bonds is 9. The Balaban J connectivity index is 1.72. The maximum absolute atomic E-state index is 13.4. The van der Waals surface area contributed by atoms with E-state index in [1.165, 1.54) is 10.9 Å². The minimum absolute atomic E-state index is 0.181. The highest BCUT2D eigenvalue weighted by Gasteiger charge is 2.12. The lowest BCUT2D eigenvalue weighted by molar-refractivity contribution is 0.00879. The number of thiophene rings is 1. The van der Waals surface area contributed by atoms with Crippen molar-refractivity contribution in [3.8, 4) is 0 Å². The minimum Gasteiger partial charge on any atom is -0.389 e. The van der Waals surface area contributed by atoms with Crippen molar-refractivity contribution < 1.29 is 14.2 Å². The highest BCUT2D eigenvalue weighted by molar-refractivity contribution is 7.09. The topological polar surface area (TPSA) is 32.7 Å². The maximum atomic E-state index is 13.4. The predicted octanol–water partition coefficient (Wildman–Crippen LogP) is 3.29. The van der Waals surface area contributed by atoms with Crippen LogP contribution in [0.5, 0.6) is 0 Å². The maximum Gasteiger partial charge on any atom is 0.128 e. The molecule has 3 nitrogen and oxygen atoms in total. The van der Waals surface area contributed by atoms with Crippen molar-refractivity contribution in [1.29, 1.82) is 0 Å². The van der Waals surface area contributed by atoms with E-state index in [0.29, 0.717) is 12.1 Å². The highest BCUT2D eigenvalue weighted by Crippen LogP contribution is 2.12. The first-order chi connectivity index (χ1) is 10.7. The number of ether oxygens (including phenoxy) is 1. The summed E-state index contributed by atoms with van der Waals surface area (Å²) in [6.07, 6.45) is -0.577. The zero-order valence-electron chi connectivity index (χ0n) is 12.7. The number of aliphatic hydroxyl groups excluding tert-OH is 1. The quantitative estimate of drug-likeness (QED) is 0.769. The molecule has 0 saturated carbocycles. The summed E-state index contributed by atoms with van der Waals surface area (Å²) >= 11 is 1.71. The molecule has 5 heteroatoms. The van der Waals surface area contributed by atoms with Crippen LogP contribution in [0.15, 0.2) is 41.8 Å². The van der Waals surface area contributed by atoms with Gasteiger partial charge >= 0.3 is 0 Å². The fraction of sp³-hybridized carbons (Fsp3) is 0.412. The Kier molecular flexibility index (Phi) is 6.99. The Morgan fingerprint density at radius 1 is 1.27 bits per heavy atom. The summed E-state index contributed by atoms with van der Waals surface area (Å²) < 4.78 is 18.9. The third kappa shape index (κ3) is 5.50. The van der Waals surface area contributed by atoms with Crippen LogP contribution in [0.4, 0.5) is 4.39 Å². The van der Waals surface area contributed by atoms with Gasteiger partial charge in [-0.3, -0.25) is 4.90 Å². The van der Waals surface area contributed by atoms with Crippen LogP contribution in [0, 0.1) is 5.82 Å². The summed E-state index contributed by atoms with van der Waals surface area (Å²) in [6, 6.07) is 10.7. The number of hydrogen-bond donors (Lipinski definition) is 1. The molecule has 1 heterocycles. The number of benzene rings is 1. The van der Waals surface area contributed by atoms with Gasteiger partial charge in [0.1, 0.15) is 5.82 Å².